The van der Waals surface area contributed by atoms with E-state index in [1.165, 1.54) is 6.34 Å². The summed E-state index contributed by atoms with van der Waals surface area (Å²) in [6, 6.07) is 0. The lowest BCUT2D eigenvalue weighted by Crippen LogP contribution is -2.42. The molecule has 0 amide bonds. The predicted octanol–water partition coefficient (Wildman–Crippen LogP) is -1.32. The van der Waals surface area contributed by atoms with Crippen LogP contribution < -0.4 is 11.1 Å². The van der Waals surface area contributed by atoms with Crippen molar-refractivity contribution in [1.82, 2.24) is 20.6 Å². The Morgan fingerprint density at radius 3 is 3.08 bits per heavy atom. The molecule has 0 aromatic carbocycles. The number of nitrogens with two attached hydrogens (primary N) is 1. The molecule has 1 atom stereocenters. The smallest absolute Gasteiger partial charge is 0.294 e. The molecule has 0 aliphatic carbocycles. The van der Waals surface area contributed by atoms with Gasteiger partial charge in [0.05, 0.1) is 0 Å². The van der Waals surface area contributed by atoms with Crippen molar-refractivity contribution in [2.45, 2.75) is 5.91 Å². The molecule has 0 saturated heterocycles. The lowest BCUT2D eigenvalue weighted by atomic mass is 10.6. The topological polar surface area (TPSA) is 130 Å². The third kappa shape index (κ3) is 1.12. The van der Waals surface area contributed by atoms with Crippen LogP contribution in [0.25, 0.3) is 0 Å². The van der Waals surface area contributed by atoms with Crippen LogP contribution >= 0.6 is 0 Å². The Kier molecular flexibility index (Phi) is 1.30. The van der Waals surface area contributed by atoms with Crippen molar-refractivity contribution >= 4 is 12.3 Å². The van der Waals surface area contributed by atoms with Crippen molar-refractivity contribution in [3.63, 3.8) is 0 Å². The van der Waals surface area contributed by atoms with Gasteiger partial charge in [0.2, 0.25) is 0 Å². The maximum Gasteiger partial charge on any atom is 0.306 e. The molecule has 1 aromatic heterocycles. The highest BCUT2D eigenvalue weighted by Crippen LogP contribution is 2.11. The fourth-order valence-corrected chi connectivity index (χ4v) is 0.690. The lowest BCUT2D eigenvalue weighted by Gasteiger charge is -2.14. The highest BCUT2D eigenvalue weighted by atomic mass is 15.6. The van der Waals surface area contributed by atoms with Crippen molar-refractivity contribution in [3.05, 3.63) is 0 Å². The van der Waals surface area contributed by atoms with Gasteiger partial charge in [0, 0.05) is 0 Å². The average Bonchev–Trinajstić information content (AvgIpc) is 2.62. The molecular weight excluding hydrogens is 162 g/mol. The van der Waals surface area contributed by atoms with Gasteiger partial charge < -0.3 is 0 Å². The summed E-state index contributed by atoms with van der Waals surface area (Å²) in [7, 11) is 0. The highest BCUT2D eigenvalue weighted by Gasteiger charge is 2.26. The molecule has 1 aliphatic rings. The van der Waals surface area contributed by atoms with Gasteiger partial charge >= 0.3 is 5.91 Å². The third-order valence-corrected chi connectivity index (χ3v) is 1.16. The van der Waals surface area contributed by atoms with Crippen LogP contribution in [0.3, 0.4) is 0 Å². The summed E-state index contributed by atoms with van der Waals surface area (Å²) >= 11 is 0. The first-order valence-electron chi connectivity index (χ1n) is 3.05. The maximum atomic E-state index is 5.56. The molecule has 1 aromatic rings. The minimum atomic E-state index is -1.29. The molecule has 0 spiro atoms. The van der Waals surface area contributed by atoms with Crippen LogP contribution in [-0.2, 0) is 0 Å². The first kappa shape index (κ1) is 6.79. The number of nitrogens with zero attached hydrogens (tertiary/aromatic N) is 6. The van der Waals surface area contributed by atoms with Crippen LogP contribution in [0.2, 0.25) is 0 Å². The molecule has 0 radical (unpaired) electrons. The van der Waals surface area contributed by atoms with E-state index in [-0.39, 0.29) is 5.95 Å². The molecule has 9 nitrogen and oxygen atoms in total. The molecule has 2 heterocycles. The minimum absolute atomic E-state index is 0.218. The Hall–Kier alpha value is -1.90. The number of rotatable bonds is 2. The summed E-state index contributed by atoms with van der Waals surface area (Å²) in [5.74, 6) is -1.07. The summed E-state index contributed by atoms with van der Waals surface area (Å²) in [6.45, 7) is 0. The Balaban J connectivity index is 2.13. The largest absolute Gasteiger partial charge is 0.306 e. The summed E-state index contributed by atoms with van der Waals surface area (Å²) < 4.78 is 0. The number of nitrogens with one attached hydrogen (secondary N) is 2. The molecule has 0 saturated carbocycles. The van der Waals surface area contributed by atoms with Crippen molar-refractivity contribution in [1.29, 1.82) is 0 Å². The number of hydrogen-bond acceptors (Lipinski definition) is 8. The summed E-state index contributed by atoms with van der Waals surface area (Å²) in [6.07, 6.45) is 1.24. The van der Waals surface area contributed by atoms with Crippen LogP contribution in [0.1, 0.15) is 0 Å². The van der Waals surface area contributed by atoms with Gasteiger partial charge in [-0.25, -0.2) is 4.99 Å². The van der Waals surface area contributed by atoms with E-state index in [2.05, 4.69) is 41.2 Å². The third-order valence-electron chi connectivity index (χ3n) is 1.16. The van der Waals surface area contributed by atoms with E-state index in [1.54, 1.807) is 0 Å². The van der Waals surface area contributed by atoms with Gasteiger partial charge in [-0.3, -0.25) is 11.1 Å². The molecule has 4 N–H and O–H groups in total. The SMILES string of the molecule is NC1(Nc2nn[nH]n2)N=CN=N1. The molecule has 1 unspecified atom stereocenters. The standard InChI is InChI=1S/C3H5N9/c4-3(5-1-6-10-3)7-2-8-11-12-9-2/h1H,4H2,(H2,7,8,9,11,12). The number of aliphatic imine (C=N–C) groups is 1. The van der Waals surface area contributed by atoms with Crippen molar-refractivity contribution < 1.29 is 0 Å². The molecule has 62 valence electrons. The predicted molar refractivity (Wildman–Crippen MR) is 38.1 cm³/mol. The molecule has 1 aliphatic heterocycles. The number of aromatic amines is 1. The van der Waals surface area contributed by atoms with E-state index in [1.807, 2.05) is 0 Å². The van der Waals surface area contributed by atoms with Crippen molar-refractivity contribution in [2.24, 2.45) is 21.0 Å². The van der Waals surface area contributed by atoms with E-state index in [4.69, 9.17) is 5.73 Å². The van der Waals surface area contributed by atoms with Crippen molar-refractivity contribution in [2.75, 3.05) is 5.32 Å². The highest BCUT2D eigenvalue weighted by molar-refractivity contribution is 5.57. The summed E-state index contributed by atoms with van der Waals surface area (Å²) in [5.41, 5.74) is 5.56. The maximum absolute atomic E-state index is 5.56. The molecule has 2 rings (SSSR count). The van der Waals surface area contributed by atoms with Crippen LogP contribution in [-0.4, -0.2) is 32.9 Å². The molecule has 0 fully saturated rings. The monoisotopic (exact) mass is 167 g/mol. The van der Waals surface area contributed by atoms with E-state index < -0.39 is 5.91 Å². The van der Waals surface area contributed by atoms with E-state index in [0.717, 1.165) is 0 Å². The van der Waals surface area contributed by atoms with E-state index >= 15 is 0 Å². The fourth-order valence-electron chi connectivity index (χ4n) is 0.690. The van der Waals surface area contributed by atoms with Gasteiger partial charge in [-0.2, -0.15) is 5.21 Å². The molecular formula is C3H5N9. The Bertz CT molecular complexity index is 297. The number of aromatic nitrogens is 4. The second-order valence-corrected chi connectivity index (χ2v) is 2.05. The van der Waals surface area contributed by atoms with Gasteiger partial charge in [0.1, 0.15) is 6.34 Å². The Morgan fingerprint density at radius 1 is 1.58 bits per heavy atom. The first-order valence-corrected chi connectivity index (χ1v) is 3.05. The number of tetrazole rings is 1. The zero-order valence-electron chi connectivity index (χ0n) is 5.84. The zero-order chi connectivity index (χ0) is 8.44. The van der Waals surface area contributed by atoms with Gasteiger partial charge in [0.15, 0.2) is 0 Å². The van der Waals surface area contributed by atoms with Crippen LogP contribution in [0.5, 0.6) is 0 Å². The van der Waals surface area contributed by atoms with Crippen LogP contribution in [0.15, 0.2) is 15.2 Å². The second-order valence-electron chi connectivity index (χ2n) is 2.05. The van der Waals surface area contributed by atoms with E-state index in [9.17, 15) is 0 Å². The lowest BCUT2D eigenvalue weighted by molar-refractivity contribution is 0.531. The first-order chi connectivity index (χ1) is 5.79. The molecule has 0 bridgehead atoms. The normalized spacial score (nSPS) is 26.4. The van der Waals surface area contributed by atoms with Crippen molar-refractivity contribution in [3.8, 4) is 0 Å². The number of azo groups is 1. The summed E-state index contributed by atoms with van der Waals surface area (Å²) in [5, 5.41) is 22.5. The minimum Gasteiger partial charge on any atom is -0.294 e. The van der Waals surface area contributed by atoms with Gasteiger partial charge in [0.25, 0.3) is 5.95 Å². The second kappa shape index (κ2) is 2.30. The van der Waals surface area contributed by atoms with Crippen LogP contribution in [0.4, 0.5) is 5.95 Å². The molecule has 12 heavy (non-hydrogen) atoms. The quantitative estimate of drug-likeness (QED) is 0.470. The van der Waals surface area contributed by atoms with Gasteiger partial charge in [-0.1, -0.05) is 5.10 Å². The number of anilines is 1. The fraction of sp³-hybridized carbons (Fsp3) is 0.333. The number of H-pyrrole nitrogens is 1. The number of hydrogen-bond donors (Lipinski definition) is 3. The summed E-state index contributed by atoms with van der Waals surface area (Å²) in [4.78, 5) is 3.73. The van der Waals surface area contributed by atoms with E-state index in [0.29, 0.717) is 0 Å². The molecule has 9 heteroatoms. The average molecular weight is 167 g/mol. The van der Waals surface area contributed by atoms with Gasteiger partial charge in [-0.05, 0) is 5.21 Å². The van der Waals surface area contributed by atoms with Crippen LogP contribution in [0, 0.1) is 0 Å². The zero-order valence-corrected chi connectivity index (χ0v) is 5.84. The van der Waals surface area contributed by atoms with Gasteiger partial charge in [-0.15, -0.1) is 15.3 Å². The Morgan fingerprint density at radius 2 is 2.50 bits per heavy atom. The Labute approximate surface area is 66.2 Å².